The number of benzene rings is 1. The van der Waals surface area contributed by atoms with Gasteiger partial charge in [-0.05, 0) is 12.1 Å². The summed E-state index contributed by atoms with van der Waals surface area (Å²) in [6.45, 7) is -0.772. The Morgan fingerprint density at radius 3 is 2.65 bits per heavy atom. The van der Waals surface area contributed by atoms with E-state index in [1.54, 1.807) is 0 Å². The number of primary sulfonamides is 1. The molecule has 0 aliphatic heterocycles. The number of nitrogens with two attached hydrogens (primary N) is 1. The van der Waals surface area contributed by atoms with E-state index < -0.39 is 16.7 Å². The van der Waals surface area contributed by atoms with E-state index in [0.29, 0.717) is 5.82 Å². The first kappa shape index (κ1) is 14.6. The Balaban J connectivity index is 2.44. The average molecular weight is 317 g/mol. The van der Waals surface area contributed by atoms with Crippen molar-refractivity contribution in [2.45, 2.75) is 11.6 Å². The van der Waals surface area contributed by atoms with Gasteiger partial charge in [0, 0.05) is 17.3 Å². The van der Waals surface area contributed by atoms with Crippen LogP contribution in [0, 0.1) is 0 Å². The van der Waals surface area contributed by atoms with Gasteiger partial charge in [0.05, 0.1) is 4.90 Å². The molecular formula is C11H10ClFN4O2S. The molecule has 0 aliphatic rings. The lowest BCUT2D eigenvalue weighted by Gasteiger charge is -2.11. The molecule has 0 aliphatic carbocycles. The summed E-state index contributed by atoms with van der Waals surface area (Å²) >= 11 is 5.71. The summed E-state index contributed by atoms with van der Waals surface area (Å²) in [4.78, 5) is 7.47. The summed E-state index contributed by atoms with van der Waals surface area (Å²) < 4.78 is 35.5. The Kier molecular flexibility index (Phi) is 4.17. The molecule has 2 rings (SSSR count). The summed E-state index contributed by atoms with van der Waals surface area (Å²) in [6, 6.07) is 5.24. The summed E-state index contributed by atoms with van der Waals surface area (Å²) in [6.07, 6.45) is 1.23. The Bertz CT molecular complexity index is 739. The lowest BCUT2D eigenvalue weighted by Crippen LogP contribution is -2.12. The highest BCUT2D eigenvalue weighted by molar-refractivity contribution is 7.89. The minimum Gasteiger partial charge on any atom is -0.340 e. The first-order chi connectivity index (χ1) is 9.40. The van der Waals surface area contributed by atoms with Crippen LogP contribution in [-0.4, -0.2) is 18.4 Å². The van der Waals surface area contributed by atoms with E-state index in [1.165, 1.54) is 30.6 Å². The normalized spacial score (nSPS) is 11.3. The van der Waals surface area contributed by atoms with Crippen LogP contribution in [0.5, 0.6) is 0 Å². The van der Waals surface area contributed by atoms with E-state index >= 15 is 0 Å². The molecule has 3 N–H and O–H groups in total. The zero-order valence-electron chi connectivity index (χ0n) is 10.0. The van der Waals surface area contributed by atoms with Crippen LogP contribution in [0.2, 0.25) is 5.15 Å². The second kappa shape index (κ2) is 5.70. The molecule has 0 spiro atoms. The molecule has 1 aromatic carbocycles. The predicted octanol–water partition coefficient (Wildman–Crippen LogP) is 1.99. The number of alkyl halides is 1. The third kappa shape index (κ3) is 3.41. The molecule has 1 aromatic heterocycles. The summed E-state index contributed by atoms with van der Waals surface area (Å²) in [7, 11) is -3.87. The summed E-state index contributed by atoms with van der Waals surface area (Å²) in [5.74, 6) is 0.311. The number of nitrogens with zero attached hydrogens (tertiary/aromatic N) is 2. The van der Waals surface area contributed by atoms with Gasteiger partial charge in [0.2, 0.25) is 10.0 Å². The molecule has 2 aromatic rings. The molecule has 0 amide bonds. The third-order valence-electron chi connectivity index (χ3n) is 2.45. The number of hydrogen-bond acceptors (Lipinski definition) is 5. The predicted molar refractivity (Wildman–Crippen MR) is 73.0 cm³/mol. The maximum Gasteiger partial charge on any atom is 0.238 e. The van der Waals surface area contributed by atoms with E-state index in [1.807, 2.05) is 0 Å². The minimum atomic E-state index is -3.87. The zero-order valence-corrected chi connectivity index (χ0v) is 11.6. The Hall–Kier alpha value is -1.77. The SMILES string of the molecule is NS(=O)(=O)c1ccc(CF)c(Nc2cc(Cl)ncn2)c1. The van der Waals surface area contributed by atoms with E-state index in [9.17, 15) is 12.8 Å². The molecule has 9 heteroatoms. The molecule has 0 fully saturated rings. The highest BCUT2D eigenvalue weighted by Crippen LogP contribution is 2.24. The molecule has 0 saturated heterocycles. The van der Waals surface area contributed by atoms with Gasteiger partial charge in [-0.25, -0.2) is 27.9 Å². The van der Waals surface area contributed by atoms with Gasteiger partial charge >= 0.3 is 0 Å². The van der Waals surface area contributed by atoms with Gasteiger partial charge in [-0.1, -0.05) is 17.7 Å². The number of hydrogen-bond donors (Lipinski definition) is 2. The van der Waals surface area contributed by atoms with Gasteiger partial charge in [0.25, 0.3) is 0 Å². The molecule has 0 atom stereocenters. The van der Waals surface area contributed by atoms with Gasteiger partial charge in [-0.2, -0.15) is 0 Å². The van der Waals surface area contributed by atoms with E-state index in [0.717, 1.165) is 0 Å². The number of nitrogens with one attached hydrogen (secondary N) is 1. The fourth-order valence-electron chi connectivity index (χ4n) is 1.51. The van der Waals surface area contributed by atoms with E-state index in [4.69, 9.17) is 16.7 Å². The maximum atomic E-state index is 12.9. The molecule has 6 nitrogen and oxygen atoms in total. The van der Waals surface area contributed by atoms with E-state index in [2.05, 4.69) is 15.3 Å². The lowest BCUT2D eigenvalue weighted by atomic mass is 10.2. The fraction of sp³-hybridized carbons (Fsp3) is 0.0909. The van der Waals surface area contributed by atoms with Gasteiger partial charge < -0.3 is 5.32 Å². The van der Waals surface area contributed by atoms with Crippen LogP contribution in [0.1, 0.15) is 5.56 Å². The van der Waals surface area contributed by atoms with Crippen LogP contribution in [0.25, 0.3) is 0 Å². The van der Waals surface area contributed by atoms with E-state index in [-0.39, 0.29) is 21.3 Å². The van der Waals surface area contributed by atoms with Crippen molar-refractivity contribution in [3.8, 4) is 0 Å². The number of halogens is 2. The molecule has 0 radical (unpaired) electrons. The molecule has 0 saturated carbocycles. The van der Waals surface area contributed by atoms with Crippen molar-refractivity contribution in [3.63, 3.8) is 0 Å². The first-order valence-electron chi connectivity index (χ1n) is 5.36. The van der Waals surface area contributed by atoms with Crippen molar-refractivity contribution < 1.29 is 12.8 Å². The zero-order chi connectivity index (χ0) is 14.8. The quantitative estimate of drug-likeness (QED) is 0.841. The topological polar surface area (TPSA) is 98.0 Å². The van der Waals surface area contributed by atoms with Crippen LogP contribution in [0.4, 0.5) is 15.9 Å². The lowest BCUT2D eigenvalue weighted by molar-refractivity contribution is 0.486. The number of sulfonamides is 1. The Labute approximate surface area is 119 Å². The summed E-state index contributed by atoms with van der Waals surface area (Å²) in [5, 5.41) is 8.02. The first-order valence-corrected chi connectivity index (χ1v) is 7.29. The van der Waals surface area contributed by atoms with Crippen molar-refractivity contribution in [1.82, 2.24) is 9.97 Å². The van der Waals surface area contributed by atoms with Crippen LogP contribution < -0.4 is 10.5 Å². The standard InChI is InChI=1S/C11H10ClFN4O2S/c12-10-4-11(16-6-15-10)17-9-3-8(20(14,18)19)2-1-7(9)5-13/h1-4,6H,5H2,(H2,14,18,19)(H,15,16,17). The van der Waals surface area contributed by atoms with Crippen LogP contribution in [-0.2, 0) is 16.7 Å². The number of rotatable bonds is 4. The van der Waals surface area contributed by atoms with Crippen LogP contribution in [0.3, 0.4) is 0 Å². The van der Waals surface area contributed by atoms with Crippen molar-refractivity contribution in [2.75, 3.05) is 5.32 Å². The van der Waals surface area contributed by atoms with Crippen LogP contribution >= 0.6 is 11.6 Å². The van der Waals surface area contributed by atoms with Gasteiger partial charge in [0.15, 0.2) is 0 Å². The molecule has 0 bridgehead atoms. The van der Waals surface area contributed by atoms with Gasteiger partial charge in [-0.3, -0.25) is 0 Å². The monoisotopic (exact) mass is 316 g/mol. The average Bonchev–Trinajstić information content (AvgIpc) is 2.37. The Morgan fingerprint density at radius 2 is 2.05 bits per heavy atom. The molecule has 106 valence electrons. The third-order valence-corrected chi connectivity index (χ3v) is 3.57. The fourth-order valence-corrected chi connectivity index (χ4v) is 2.19. The molecule has 1 heterocycles. The van der Waals surface area contributed by atoms with Crippen molar-refractivity contribution >= 4 is 33.1 Å². The molecule has 0 unspecified atom stereocenters. The van der Waals surface area contributed by atoms with Crippen molar-refractivity contribution in [1.29, 1.82) is 0 Å². The number of anilines is 2. The highest BCUT2D eigenvalue weighted by atomic mass is 35.5. The Morgan fingerprint density at radius 1 is 1.30 bits per heavy atom. The van der Waals surface area contributed by atoms with Crippen LogP contribution in [0.15, 0.2) is 35.5 Å². The largest absolute Gasteiger partial charge is 0.340 e. The smallest absolute Gasteiger partial charge is 0.238 e. The minimum absolute atomic E-state index is 0.127. The number of aromatic nitrogens is 2. The summed E-state index contributed by atoms with van der Waals surface area (Å²) in [5.41, 5.74) is 0.515. The second-order valence-electron chi connectivity index (χ2n) is 3.85. The van der Waals surface area contributed by atoms with Gasteiger partial charge in [-0.15, -0.1) is 0 Å². The highest BCUT2D eigenvalue weighted by Gasteiger charge is 2.12. The van der Waals surface area contributed by atoms with Gasteiger partial charge in [0.1, 0.15) is 24.0 Å². The van der Waals surface area contributed by atoms with Crippen molar-refractivity contribution in [2.24, 2.45) is 5.14 Å². The maximum absolute atomic E-state index is 12.9. The molecular weight excluding hydrogens is 307 g/mol. The molecule has 20 heavy (non-hydrogen) atoms. The van der Waals surface area contributed by atoms with Crippen molar-refractivity contribution in [3.05, 3.63) is 41.3 Å². The second-order valence-corrected chi connectivity index (χ2v) is 5.80.